The molecule has 0 radical (unpaired) electrons. The lowest BCUT2D eigenvalue weighted by Gasteiger charge is -2.17. The molecule has 0 aliphatic heterocycles. The van der Waals surface area contributed by atoms with Crippen molar-refractivity contribution >= 4 is 26.5 Å². The van der Waals surface area contributed by atoms with Crippen LogP contribution in [0.25, 0.3) is 22.0 Å². The number of carbonyl (C=O) groups excluding carboxylic acids is 1. The summed E-state index contributed by atoms with van der Waals surface area (Å²) >= 11 is 0. The summed E-state index contributed by atoms with van der Waals surface area (Å²) in [5.41, 5.74) is 5.14. The van der Waals surface area contributed by atoms with Crippen molar-refractivity contribution in [3.63, 3.8) is 0 Å². The zero-order valence-corrected chi connectivity index (χ0v) is 23.0. The van der Waals surface area contributed by atoms with Crippen molar-refractivity contribution in [2.24, 2.45) is 0 Å². The first-order valence-corrected chi connectivity index (χ1v) is 14.7. The van der Waals surface area contributed by atoms with Gasteiger partial charge in [0.15, 0.2) is 15.6 Å². The van der Waals surface area contributed by atoms with Crippen molar-refractivity contribution in [3.8, 4) is 22.6 Å². The fourth-order valence-corrected chi connectivity index (χ4v) is 6.16. The summed E-state index contributed by atoms with van der Waals surface area (Å²) in [7, 11) is -3.29. The van der Waals surface area contributed by atoms with E-state index in [-0.39, 0.29) is 18.1 Å². The standard InChI is InChI=1S/C31H33NO5S/c1-5-9-26-28(14-13-25(20(3)33)31(26)34)37-19-21-10-7-11-22(16-21)27-18-24(29(6-2)38(4,35)36)17-23-12-8-15-32-30(23)27/h7-8,10-18,29,34H,5-6,9,19H2,1-4H3. The molecule has 1 heterocycles. The van der Waals surface area contributed by atoms with E-state index in [4.69, 9.17) is 4.74 Å². The van der Waals surface area contributed by atoms with Gasteiger partial charge in [-0.1, -0.05) is 44.5 Å². The molecule has 1 atom stereocenters. The second-order valence-corrected chi connectivity index (χ2v) is 11.8. The highest BCUT2D eigenvalue weighted by atomic mass is 32.2. The molecule has 0 spiro atoms. The van der Waals surface area contributed by atoms with Gasteiger partial charge in [0.1, 0.15) is 18.1 Å². The molecule has 7 heteroatoms. The van der Waals surface area contributed by atoms with E-state index in [0.29, 0.717) is 29.7 Å². The number of hydrogen-bond acceptors (Lipinski definition) is 6. The van der Waals surface area contributed by atoms with Crippen LogP contribution >= 0.6 is 0 Å². The van der Waals surface area contributed by atoms with E-state index >= 15 is 0 Å². The van der Waals surface area contributed by atoms with E-state index in [0.717, 1.165) is 39.6 Å². The summed E-state index contributed by atoms with van der Waals surface area (Å²) in [4.78, 5) is 16.5. The predicted molar refractivity (Wildman–Crippen MR) is 151 cm³/mol. The number of fused-ring (bicyclic) bond motifs is 1. The largest absolute Gasteiger partial charge is 0.507 e. The van der Waals surface area contributed by atoms with Gasteiger partial charge in [-0.05, 0) is 72.9 Å². The predicted octanol–water partition coefficient (Wildman–Crippen LogP) is 6.84. The maximum absolute atomic E-state index is 12.5. The number of nitrogens with zero attached hydrogens (tertiary/aromatic N) is 1. The van der Waals surface area contributed by atoms with Gasteiger partial charge < -0.3 is 9.84 Å². The molecule has 1 aromatic heterocycles. The van der Waals surface area contributed by atoms with Gasteiger partial charge in [-0.3, -0.25) is 9.78 Å². The lowest BCUT2D eigenvalue weighted by molar-refractivity contribution is 0.101. The topological polar surface area (TPSA) is 93.6 Å². The van der Waals surface area contributed by atoms with Crippen LogP contribution in [0.1, 0.15) is 65.9 Å². The van der Waals surface area contributed by atoms with Crippen LogP contribution in [0.4, 0.5) is 0 Å². The summed E-state index contributed by atoms with van der Waals surface area (Å²) < 4.78 is 31.1. The summed E-state index contributed by atoms with van der Waals surface area (Å²) in [5, 5.41) is 10.9. The zero-order valence-electron chi connectivity index (χ0n) is 22.2. The van der Waals surface area contributed by atoms with Gasteiger partial charge in [0, 0.05) is 29.0 Å². The molecule has 0 fully saturated rings. The van der Waals surface area contributed by atoms with Gasteiger partial charge >= 0.3 is 0 Å². The number of phenols is 1. The molecule has 0 saturated carbocycles. The molecule has 198 valence electrons. The third kappa shape index (κ3) is 5.73. The van der Waals surface area contributed by atoms with Crippen molar-refractivity contribution < 1.29 is 23.1 Å². The van der Waals surface area contributed by atoms with Crippen LogP contribution in [-0.2, 0) is 22.9 Å². The van der Waals surface area contributed by atoms with Crippen LogP contribution in [0.15, 0.2) is 66.9 Å². The van der Waals surface area contributed by atoms with Crippen molar-refractivity contribution in [1.82, 2.24) is 4.98 Å². The second-order valence-electron chi connectivity index (χ2n) is 9.60. The number of Topliss-reactive ketones (excluding diaryl/α,β-unsaturated/α-hetero) is 1. The van der Waals surface area contributed by atoms with Crippen molar-refractivity contribution in [3.05, 3.63) is 89.1 Å². The van der Waals surface area contributed by atoms with E-state index in [1.165, 1.54) is 13.2 Å². The van der Waals surface area contributed by atoms with Crippen LogP contribution in [0.5, 0.6) is 11.5 Å². The third-order valence-corrected chi connectivity index (χ3v) is 8.38. The molecule has 3 aromatic carbocycles. The maximum atomic E-state index is 12.5. The molecular weight excluding hydrogens is 498 g/mol. The number of sulfone groups is 1. The number of benzene rings is 3. The minimum atomic E-state index is -3.29. The summed E-state index contributed by atoms with van der Waals surface area (Å²) in [6.07, 6.45) is 4.88. The Kier molecular flexibility index (Phi) is 8.17. The Labute approximate surface area is 224 Å². The minimum absolute atomic E-state index is 0.0173. The number of aromatic nitrogens is 1. The molecule has 0 aliphatic rings. The van der Waals surface area contributed by atoms with Gasteiger partial charge in [0.2, 0.25) is 0 Å². The monoisotopic (exact) mass is 531 g/mol. The number of pyridine rings is 1. The van der Waals surface area contributed by atoms with Crippen LogP contribution in [0.2, 0.25) is 0 Å². The molecule has 1 unspecified atom stereocenters. The second kappa shape index (κ2) is 11.4. The fraction of sp³-hybridized carbons (Fsp3) is 0.290. The first-order chi connectivity index (χ1) is 18.1. The molecular formula is C31H33NO5S. The van der Waals surface area contributed by atoms with E-state index in [1.54, 1.807) is 18.3 Å². The molecule has 0 saturated heterocycles. The maximum Gasteiger partial charge on any atom is 0.163 e. The number of aromatic hydroxyl groups is 1. The number of ketones is 1. The number of rotatable bonds is 10. The molecule has 0 bridgehead atoms. The zero-order chi connectivity index (χ0) is 27.4. The normalized spacial score (nSPS) is 12.4. The van der Waals surface area contributed by atoms with Gasteiger partial charge in [0.25, 0.3) is 0 Å². The summed E-state index contributed by atoms with van der Waals surface area (Å²) in [6, 6.07) is 18.9. The van der Waals surface area contributed by atoms with E-state index in [9.17, 15) is 18.3 Å². The van der Waals surface area contributed by atoms with Gasteiger partial charge in [-0.25, -0.2) is 8.42 Å². The Morgan fingerprint density at radius 2 is 1.84 bits per heavy atom. The Hall–Kier alpha value is -3.71. The SMILES string of the molecule is CCCc1c(OCc2cccc(-c3cc(C(CC)S(C)(=O)=O)cc4cccnc34)c2)ccc(C(C)=O)c1O. The van der Waals surface area contributed by atoms with Crippen molar-refractivity contribution in [2.45, 2.75) is 51.9 Å². The average Bonchev–Trinajstić information content (AvgIpc) is 2.88. The highest BCUT2D eigenvalue weighted by molar-refractivity contribution is 7.90. The third-order valence-electron chi connectivity index (χ3n) is 6.74. The summed E-state index contributed by atoms with van der Waals surface area (Å²) in [6.45, 7) is 5.58. The number of ether oxygens (including phenoxy) is 1. The van der Waals surface area contributed by atoms with Crippen molar-refractivity contribution in [2.75, 3.05) is 6.26 Å². The van der Waals surface area contributed by atoms with E-state index < -0.39 is 15.1 Å². The first-order valence-electron chi connectivity index (χ1n) is 12.8. The Balaban J connectivity index is 1.72. The molecule has 6 nitrogen and oxygen atoms in total. The first kappa shape index (κ1) is 27.3. The van der Waals surface area contributed by atoms with Crippen LogP contribution < -0.4 is 4.74 Å². The minimum Gasteiger partial charge on any atom is -0.507 e. The van der Waals surface area contributed by atoms with E-state index in [2.05, 4.69) is 4.98 Å². The molecule has 4 rings (SSSR count). The van der Waals surface area contributed by atoms with Gasteiger partial charge in [-0.15, -0.1) is 0 Å². The molecule has 0 amide bonds. The van der Waals surface area contributed by atoms with Crippen LogP contribution in [-0.4, -0.2) is 30.5 Å². The fourth-order valence-electron chi connectivity index (χ4n) is 4.93. The Morgan fingerprint density at radius 1 is 1.05 bits per heavy atom. The van der Waals surface area contributed by atoms with E-state index in [1.807, 2.05) is 62.4 Å². The number of hydrogen-bond donors (Lipinski definition) is 1. The molecule has 4 aromatic rings. The molecule has 0 aliphatic carbocycles. The van der Waals surface area contributed by atoms with Gasteiger partial charge in [0.05, 0.1) is 16.3 Å². The quantitative estimate of drug-likeness (QED) is 0.225. The summed E-state index contributed by atoms with van der Waals surface area (Å²) in [5.74, 6) is 0.340. The average molecular weight is 532 g/mol. The van der Waals surface area contributed by atoms with Gasteiger partial charge in [-0.2, -0.15) is 0 Å². The van der Waals surface area contributed by atoms with Crippen LogP contribution in [0, 0.1) is 0 Å². The molecule has 1 N–H and O–H groups in total. The number of carbonyl (C=O) groups is 1. The highest BCUT2D eigenvalue weighted by Crippen LogP contribution is 2.36. The van der Waals surface area contributed by atoms with Crippen molar-refractivity contribution in [1.29, 1.82) is 0 Å². The Morgan fingerprint density at radius 3 is 2.53 bits per heavy atom. The van der Waals surface area contributed by atoms with Crippen LogP contribution in [0.3, 0.4) is 0 Å². The Bertz CT molecular complexity index is 1590. The lowest BCUT2D eigenvalue weighted by atomic mass is 9.96. The molecule has 38 heavy (non-hydrogen) atoms. The lowest BCUT2D eigenvalue weighted by Crippen LogP contribution is -2.11. The highest BCUT2D eigenvalue weighted by Gasteiger charge is 2.23. The smallest absolute Gasteiger partial charge is 0.163 e. The number of phenolic OH excluding ortho intramolecular Hbond substituents is 1.